The number of pyridine rings is 1. The monoisotopic (exact) mass is 191 g/mol. The molecule has 1 aliphatic rings. The highest BCUT2D eigenvalue weighted by Crippen LogP contribution is 2.32. The van der Waals surface area contributed by atoms with E-state index in [1.54, 1.807) is 0 Å². The third-order valence-corrected chi connectivity index (χ3v) is 3.03. The molecular formula is C11H17N3. The van der Waals surface area contributed by atoms with Crippen molar-refractivity contribution in [3.63, 3.8) is 0 Å². The molecular weight excluding hydrogens is 174 g/mol. The van der Waals surface area contributed by atoms with Crippen LogP contribution in [0.15, 0.2) is 24.5 Å². The molecule has 76 valence electrons. The lowest BCUT2D eigenvalue weighted by Crippen LogP contribution is -2.38. The number of hydrogen-bond acceptors (Lipinski definition) is 3. The molecule has 0 aliphatic carbocycles. The Balaban J connectivity index is 2.27. The summed E-state index contributed by atoms with van der Waals surface area (Å²) in [5.74, 6) is 0. The average Bonchev–Trinajstić information content (AvgIpc) is 2.70. The second-order valence-electron chi connectivity index (χ2n) is 3.89. The van der Waals surface area contributed by atoms with Crippen LogP contribution in [-0.4, -0.2) is 18.1 Å². The van der Waals surface area contributed by atoms with E-state index in [0.29, 0.717) is 0 Å². The zero-order valence-corrected chi connectivity index (χ0v) is 8.37. The molecule has 0 aromatic carbocycles. The van der Waals surface area contributed by atoms with Crippen LogP contribution in [0.5, 0.6) is 0 Å². The van der Waals surface area contributed by atoms with Crippen molar-refractivity contribution in [3.8, 4) is 0 Å². The summed E-state index contributed by atoms with van der Waals surface area (Å²) in [6.45, 7) is 1.82. The van der Waals surface area contributed by atoms with E-state index in [-0.39, 0.29) is 5.54 Å². The van der Waals surface area contributed by atoms with E-state index in [2.05, 4.69) is 16.4 Å². The summed E-state index contributed by atoms with van der Waals surface area (Å²) in [6.07, 6.45) is 7.17. The van der Waals surface area contributed by atoms with Crippen LogP contribution in [0.2, 0.25) is 0 Å². The highest BCUT2D eigenvalue weighted by atomic mass is 15.0. The Morgan fingerprint density at radius 3 is 3.07 bits per heavy atom. The van der Waals surface area contributed by atoms with E-state index in [1.807, 2.05) is 18.5 Å². The predicted octanol–water partition coefficient (Wildman–Crippen LogP) is 1.01. The van der Waals surface area contributed by atoms with Crippen molar-refractivity contribution in [3.05, 3.63) is 30.1 Å². The van der Waals surface area contributed by atoms with Gasteiger partial charge in [-0.25, -0.2) is 0 Å². The summed E-state index contributed by atoms with van der Waals surface area (Å²) < 4.78 is 0. The minimum atomic E-state index is 0.100. The average molecular weight is 191 g/mol. The Hall–Kier alpha value is -0.930. The second-order valence-corrected chi connectivity index (χ2v) is 3.89. The summed E-state index contributed by atoms with van der Waals surface area (Å²) in [5.41, 5.74) is 7.05. The van der Waals surface area contributed by atoms with Gasteiger partial charge in [0.15, 0.2) is 0 Å². The van der Waals surface area contributed by atoms with Gasteiger partial charge in [0.05, 0.1) is 0 Å². The Morgan fingerprint density at radius 2 is 2.50 bits per heavy atom. The molecule has 0 unspecified atom stereocenters. The van der Waals surface area contributed by atoms with Crippen LogP contribution in [0.3, 0.4) is 0 Å². The van der Waals surface area contributed by atoms with Gasteiger partial charge in [0, 0.05) is 17.9 Å². The molecule has 2 rings (SSSR count). The Labute approximate surface area is 84.7 Å². The van der Waals surface area contributed by atoms with Crippen molar-refractivity contribution in [2.24, 2.45) is 5.73 Å². The standard InChI is InChI=1S/C11H17N3/c12-6-5-11(4-2-8-14-11)10-3-1-7-13-9-10/h1,3,7,9,14H,2,4-6,8,12H2/t11-/m1/s1. The van der Waals surface area contributed by atoms with Crippen molar-refractivity contribution < 1.29 is 0 Å². The minimum absolute atomic E-state index is 0.100. The van der Waals surface area contributed by atoms with Gasteiger partial charge in [-0.05, 0) is 44.0 Å². The summed E-state index contributed by atoms with van der Waals surface area (Å²) in [7, 11) is 0. The first kappa shape index (κ1) is 9.62. The van der Waals surface area contributed by atoms with E-state index in [1.165, 1.54) is 18.4 Å². The van der Waals surface area contributed by atoms with E-state index in [4.69, 9.17) is 5.73 Å². The number of rotatable bonds is 3. The smallest absolute Gasteiger partial charge is 0.0462 e. The Kier molecular flexibility index (Phi) is 2.79. The van der Waals surface area contributed by atoms with Crippen LogP contribution < -0.4 is 11.1 Å². The number of hydrogen-bond donors (Lipinski definition) is 2. The molecule has 1 fully saturated rings. The topological polar surface area (TPSA) is 50.9 Å². The van der Waals surface area contributed by atoms with E-state index >= 15 is 0 Å². The van der Waals surface area contributed by atoms with E-state index < -0.39 is 0 Å². The van der Waals surface area contributed by atoms with Crippen LogP contribution in [0.4, 0.5) is 0 Å². The summed E-state index contributed by atoms with van der Waals surface area (Å²) in [5, 5.41) is 3.57. The summed E-state index contributed by atoms with van der Waals surface area (Å²) in [4.78, 5) is 4.18. The molecule has 0 amide bonds. The number of aromatic nitrogens is 1. The van der Waals surface area contributed by atoms with Gasteiger partial charge in [-0.1, -0.05) is 6.07 Å². The SMILES string of the molecule is NCC[C@@]1(c2cccnc2)CCCN1. The van der Waals surface area contributed by atoms with Crippen molar-refractivity contribution in [2.45, 2.75) is 24.8 Å². The van der Waals surface area contributed by atoms with Gasteiger partial charge in [-0.15, -0.1) is 0 Å². The fraction of sp³-hybridized carbons (Fsp3) is 0.545. The van der Waals surface area contributed by atoms with Crippen LogP contribution in [-0.2, 0) is 5.54 Å². The zero-order chi connectivity index (χ0) is 9.86. The van der Waals surface area contributed by atoms with Crippen LogP contribution >= 0.6 is 0 Å². The van der Waals surface area contributed by atoms with Gasteiger partial charge in [-0.2, -0.15) is 0 Å². The van der Waals surface area contributed by atoms with Crippen LogP contribution in [0.25, 0.3) is 0 Å². The van der Waals surface area contributed by atoms with Gasteiger partial charge < -0.3 is 11.1 Å². The molecule has 1 atom stereocenters. The Morgan fingerprint density at radius 1 is 1.57 bits per heavy atom. The van der Waals surface area contributed by atoms with Crippen molar-refractivity contribution in [1.29, 1.82) is 0 Å². The largest absolute Gasteiger partial charge is 0.330 e. The molecule has 3 nitrogen and oxygen atoms in total. The minimum Gasteiger partial charge on any atom is -0.330 e. The highest BCUT2D eigenvalue weighted by Gasteiger charge is 2.34. The maximum Gasteiger partial charge on any atom is 0.0462 e. The maximum atomic E-state index is 5.67. The van der Waals surface area contributed by atoms with Crippen LogP contribution in [0, 0.1) is 0 Å². The van der Waals surface area contributed by atoms with Gasteiger partial charge in [0.25, 0.3) is 0 Å². The van der Waals surface area contributed by atoms with E-state index in [9.17, 15) is 0 Å². The molecule has 0 saturated carbocycles. The molecule has 3 N–H and O–H groups in total. The number of nitrogens with one attached hydrogen (secondary N) is 1. The van der Waals surface area contributed by atoms with E-state index in [0.717, 1.165) is 19.5 Å². The Bertz CT molecular complexity index is 278. The predicted molar refractivity (Wildman–Crippen MR) is 56.8 cm³/mol. The van der Waals surface area contributed by atoms with Crippen molar-refractivity contribution in [1.82, 2.24) is 10.3 Å². The molecule has 1 aliphatic heterocycles. The lowest BCUT2D eigenvalue weighted by molar-refractivity contribution is 0.364. The fourth-order valence-corrected chi connectivity index (χ4v) is 2.30. The van der Waals surface area contributed by atoms with Crippen molar-refractivity contribution in [2.75, 3.05) is 13.1 Å². The number of nitrogens with two attached hydrogens (primary N) is 1. The molecule has 0 spiro atoms. The zero-order valence-electron chi connectivity index (χ0n) is 8.37. The first-order valence-corrected chi connectivity index (χ1v) is 5.23. The molecule has 1 aromatic rings. The fourth-order valence-electron chi connectivity index (χ4n) is 2.30. The number of nitrogens with zero attached hydrogens (tertiary/aromatic N) is 1. The lowest BCUT2D eigenvalue weighted by atomic mass is 9.86. The van der Waals surface area contributed by atoms with Crippen molar-refractivity contribution >= 4 is 0 Å². The van der Waals surface area contributed by atoms with Gasteiger partial charge in [0.2, 0.25) is 0 Å². The summed E-state index contributed by atoms with van der Waals surface area (Å²) >= 11 is 0. The van der Waals surface area contributed by atoms with Gasteiger partial charge >= 0.3 is 0 Å². The molecule has 1 saturated heterocycles. The lowest BCUT2D eigenvalue weighted by Gasteiger charge is -2.29. The van der Waals surface area contributed by atoms with Gasteiger partial charge in [-0.3, -0.25) is 4.98 Å². The highest BCUT2D eigenvalue weighted by molar-refractivity contribution is 5.22. The quantitative estimate of drug-likeness (QED) is 0.749. The second kappa shape index (κ2) is 4.07. The third kappa shape index (κ3) is 1.65. The molecule has 3 heteroatoms. The third-order valence-electron chi connectivity index (χ3n) is 3.03. The van der Waals surface area contributed by atoms with Crippen LogP contribution in [0.1, 0.15) is 24.8 Å². The molecule has 0 radical (unpaired) electrons. The molecule has 1 aromatic heterocycles. The first-order chi connectivity index (χ1) is 6.87. The molecule has 2 heterocycles. The normalized spacial score (nSPS) is 26.6. The molecule has 14 heavy (non-hydrogen) atoms. The summed E-state index contributed by atoms with van der Waals surface area (Å²) in [6, 6.07) is 4.13. The maximum absolute atomic E-state index is 5.67. The van der Waals surface area contributed by atoms with Gasteiger partial charge in [0.1, 0.15) is 0 Å². The first-order valence-electron chi connectivity index (χ1n) is 5.23. The molecule has 0 bridgehead atoms.